The Morgan fingerprint density at radius 2 is 2.25 bits per heavy atom. The zero-order chi connectivity index (χ0) is 11.5. The van der Waals surface area contributed by atoms with Crippen LogP contribution in [0.25, 0.3) is 0 Å². The molecule has 0 fully saturated rings. The van der Waals surface area contributed by atoms with Crippen molar-refractivity contribution >= 4 is 11.8 Å². The lowest BCUT2D eigenvalue weighted by molar-refractivity contribution is -0.144. The third-order valence-electron chi connectivity index (χ3n) is 2.85. The Bertz CT molecular complexity index is 398. The minimum Gasteiger partial charge on any atom is -0.465 e. The van der Waals surface area contributed by atoms with Gasteiger partial charge in [0.2, 0.25) is 0 Å². The van der Waals surface area contributed by atoms with Crippen molar-refractivity contribution in [2.45, 2.75) is 39.2 Å². The average molecular weight is 223 g/mol. The fourth-order valence-corrected chi connectivity index (χ4v) is 2.08. The molecule has 1 aromatic heterocycles. The Kier molecular flexibility index (Phi) is 3.12. The number of carbonyl (C=O) groups excluding carboxylic acids is 1. The number of ether oxygens (including phenoxy) is 1. The monoisotopic (exact) mass is 223 g/mol. The molecule has 0 aliphatic heterocycles. The molecule has 16 heavy (non-hydrogen) atoms. The van der Waals surface area contributed by atoms with Crippen LogP contribution in [-0.4, -0.2) is 22.4 Å². The van der Waals surface area contributed by atoms with Crippen LogP contribution in [-0.2, 0) is 28.9 Å². The average Bonchev–Trinajstić information content (AvgIpc) is 2.57. The molecule has 0 saturated heterocycles. The highest BCUT2D eigenvalue weighted by Gasteiger charge is 2.19. The topological polar surface area (TPSA) is 70.1 Å². The number of nitrogens with zero attached hydrogens (tertiary/aromatic N) is 2. The highest BCUT2D eigenvalue weighted by atomic mass is 16.5. The van der Waals surface area contributed by atoms with Crippen molar-refractivity contribution in [2.75, 3.05) is 12.3 Å². The first-order valence-corrected chi connectivity index (χ1v) is 5.72. The lowest BCUT2D eigenvalue weighted by atomic mass is 9.98. The predicted molar refractivity (Wildman–Crippen MR) is 59.9 cm³/mol. The fourth-order valence-electron chi connectivity index (χ4n) is 2.08. The molecule has 0 saturated carbocycles. The lowest BCUT2D eigenvalue weighted by Crippen LogP contribution is -2.16. The van der Waals surface area contributed by atoms with Gasteiger partial charge in [-0.3, -0.25) is 4.79 Å². The zero-order valence-electron chi connectivity index (χ0n) is 9.53. The van der Waals surface area contributed by atoms with Crippen molar-refractivity contribution in [3.05, 3.63) is 11.3 Å². The van der Waals surface area contributed by atoms with E-state index in [0.29, 0.717) is 12.4 Å². The van der Waals surface area contributed by atoms with Gasteiger partial charge in [-0.2, -0.15) is 5.10 Å². The van der Waals surface area contributed by atoms with Crippen LogP contribution in [0.1, 0.15) is 31.0 Å². The first kappa shape index (κ1) is 11.0. The predicted octanol–water partition coefficient (Wildman–Crippen LogP) is 0.907. The van der Waals surface area contributed by atoms with E-state index in [-0.39, 0.29) is 12.5 Å². The molecule has 1 aliphatic rings. The largest absolute Gasteiger partial charge is 0.465 e. The molecule has 2 rings (SSSR count). The van der Waals surface area contributed by atoms with Crippen molar-refractivity contribution in [2.24, 2.45) is 0 Å². The summed E-state index contributed by atoms with van der Waals surface area (Å²) in [6, 6.07) is 0. The normalized spacial score (nSPS) is 14.6. The Balaban J connectivity index is 2.15. The van der Waals surface area contributed by atoms with E-state index in [1.54, 1.807) is 11.6 Å². The van der Waals surface area contributed by atoms with Crippen LogP contribution in [0.3, 0.4) is 0 Å². The van der Waals surface area contributed by atoms with Gasteiger partial charge < -0.3 is 10.5 Å². The number of hydrogen-bond donors (Lipinski definition) is 1. The van der Waals surface area contributed by atoms with Crippen LogP contribution in [0.15, 0.2) is 0 Å². The summed E-state index contributed by atoms with van der Waals surface area (Å²) in [5.74, 6) is 0.344. The van der Waals surface area contributed by atoms with Gasteiger partial charge in [-0.1, -0.05) is 0 Å². The zero-order valence-corrected chi connectivity index (χ0v) is 9.53. The molecule has 1 aromatic rings. The molecule has 0 spiro atoms. The van der Waals surface area contributed by atoms with Crippen molar-refractivity contribution < 1.29 is 9.53 Å². The van der Waals surface area contributed by atoms with Crippen LogP contribution in [0.4, 0.5) is 5.82 Å². The van der Waals surface area contributed by atoms with Gasteiger partial charge in [0.15, 0.2) is 0 Å². The summed E-state index contributed by atoms with van der Waals surface area (Å²) in [5, 5.41) is 4.36. The van der Waals surface area contributed by atoms with E-state index >= 15 is 0 Å². The Morgan fingerprint density at radius 1 is 1.50 bits per heavy atom. The highest BCUT2D eigenvalue weighted by molar-refractivity contribution is 5.69. The molecule has 1 aliphatic carbocycles. The number of rotatable bonds is 3. The minimum atomic E-state index is -0.283. The maximum Gasteiger partial charge on any atom is 0.327 e. The summed E-state index contributed by atoms with van der Waals surface area (Å²) in [6.45, 7) is 2.29. The Morgan fingerprint density at radius 3 is 2.94 bits per heavy atom. The molecule has 0 radical (unpaired) electrons. The molecule has 1 heterocycles. The number of esters is 1. The summed E-state index contributed by atoms with van der Waals surface area (Å²) < 4.78 is 6.44. The standard InChI is InChI=1S/C11H17N3O2/c1-2-16-10(15)7-14-11(12)8-5-3-4-6-9(8)13-14/h2-7,12H2,1H3. The molecule has 88 valence electrons. The molecular formula is C11H17N3O2. The van der Waals surface area contributed by atoms with Gasteiger partial charge in [0.1, 0.15) is 12.4 Å². The minimum absolute atomic E-state index is 0.118. The second kappa shape index (κ2) is 4.55. The number of nitrogen functional groups attached to an aromatic ring is 1. The van der Waals surface area contributed by atoms with E-state index in [1.165, 1.54) is 0 Å². The van der Waals surface area contributed by atoms with E-state index < -0.39 is 0 Å². The molecule has 0 bridgehead atoms. The van der Waals surface area contributed by atoms with Crippen LogP contribution in [0.5, 0.6) is 0 Å². The number of aryl methyl sites for hydroxylation is 1. The third-order valence-corrected chi connectivity index (χ3v) is 2.85. The van der Waals surface area contributed by atoms with Crippen molar-refractivity contribution in [1.29, 1.82) is 0 Å². The summed E-state index contributed by atoms with van der Waals surface area (Å²) in [4.78, 5) is 11.3. The molecule has 5 heteroatoms. The third kappa shape index (κ3) is 2.03. The van der Waals surface area contributed by atoms with Gasteiger partial charge in [0.25, 0.3) is 0 Å². The first-order valence-electron chi connectivity index (χ1n) is 5.72. The van der Waals surface area contributed by atoms with E-state index in [1.807, 2.05) is 0 Å². The van der Waals surface area contributed by atoms with Gasteiger partial charge in [-0.25, -0.2) is 4.68 Å². The lowest BCUT2D eigenvalue weighted by Gasteiger charge is -2.08. The molecule has 2 N–H and O–H groups in total. The van der Waals surface area contributed by atoms with Crippen molar-refractivity contribution in [3.8, 4) is 0 Å². The molecular weight excluding hydrogens is 206 g/mol. The number of carbonyl (C=O) groups is 1. The van der Waals surface area contributed by atoms with Gasteiger partial charge in [0, 0.05) is 5.56 Å². The summed E-state index contributed by atoms with van der Waals surface area (Å²) in [7, 11) is 0. The van der Waals surface area contributed by atoms with E-state index in [2.05, 4.69) is 5.10 Å². The number of nitrogens with two attached hydrogens (primary N) is 1. The summed E-state index contributed by atoms with van der Waals surface area (Å²) >= 11 is 0. The van der Waals surface area contributed by atoms with Crippen LogP contribution in [0, 0.1) is 0 Å². The number of hydrogen-bond acceptors (Lipinski definition) is 4. The SMILES string of the molecule is CCOC(=O)Cn1nc2c(c1N)CCCC2. The molecule has 5 nitrogen and oxygen atoms in total. The molecule has 0 atom stereocenters. The first-order chi connectivity index (χ1) is 7.72. The maximum atomic E-state index is 11.3. The molecule has 0 aromatic carbocycles. The number of fused-ring (bicyclic) bond motifs is 1. The summed E-state index contributed by atoms with van der Waals surface area (Å²) in [5.41, 5.74) is 8.13. The quantitative estimate of drug-likeness (QED) is 0.773. The van der Waals surface area contributed by atoms with Gasteiger partial charge >= 0.3 is 5.97 Å². The smallest absolute Gasteiger partial charge is 0.327 e. The van der Waals surface area contributed by atoms with E-state index in [0.717, 1.165) is 36.9 Å². The van der Waals surface area contributed by atoms with E-state index in [9.17, 15) is 4.79 Å². The van der Waals surface area contributed by atoms with Crippen molar-refractivity contribution in [1.82, 2.24) is 9.78 Å². The summed E-state index contributed by atoms with van der Waals surface area (Å²) in [6.07, 6.45) is 4.25. The number of aromatic nitrogens is 2. The fraction of sp³-hybridized carbons (Fsp3) is 0.636. The second-order valence-electron chi connectivity index (χ2n) is 3.98. The van der Waals surface area contributed by atoms with Crippen LogP contribution in [0.2, 0.25) is 0 Å². The maximum absolute atomic E-state index is 11.3. The second-order valence-corrected chi connectivity index (χ2v) is 3.98. The number of anilines is 1. The van der Waals surface area contributed by atoms with Crippen LogP contribution < -0.4 is 5.73 Å². The Hall–Kier alpha value is -1.52. The Labute approximate surface area is 94.6 Å². The van der Waals surface area contributed by atoms with Crippen LogP contribution >= 0.6 is 0 Å². The molecule has 0 unspecified atom stereocenters. The highest BCUT2D eigenvalue weighted by Crippen LogP contribution is 2.25. The van der Waals surface area contributed by atoms with Gasteiger partial charge in [0.05, 0.1) is 12.3 Å². The van der Waals surface area contributed by atoms with Gasteiger partial charge in [-0.05, 0) is 32.6 Å². The van der Waals surface area contributed by atoms with Gasteiger partial charge in [-0.15, -0.1) is 0 Å². The van der Waals surface area contributed by atoms with E-state index in [4.69, 9.17) is 10.5 Å². The van der Waals surface area contributed by atoms with Crippen molar-refractivity contribution in [3.63, 3.8) is 0 Å². The molecule has 0 amide bonds.